The van der Waals surface area contributed by atoms with E-state index < -0.39 is 0 Å². The molecule has 0 unspecified atom stereocenters. The number of nitrogens with one attached hydrogen (secondary N) is 1. The van der Waals surface area contributed by atoms with Crippen LogP contribution in [0.15, 0.2) is 91.1 Å². The Hall–Kier alpha value is -3.79. The monoisotopic (exact) mass is 407 g/mol. The Kier molecular flexibility index (Phi) is 4.83. The molecular weight excluding hydrogens is 382 g/mol. The molecule has 0 spiro atoms. The number of fused-ring (bicyclic) bond motifs is 3. The molecule has 4 aromatic rings. The van der Waals surface area contributed by atoms with Gasteiger partial charge in [0.2, 0.25) is 0 Å². The molecule has 1 aromatic heterocycles. The van der Waals surface area contributed by atoms with Crippen LogP contribution in [0.1, 0.15) is 34.0 Å². The first-order valence-electron chi connectivity index (χ1n) is 10.6. The van der Waals surface area contributed by atoms with Crippen molar-refractivity contribution < 1.29 is 4.79 Å². The van der Waals surface area contributed by atoms with Gasteiger partial charge in [0.15, 0.2) is 0 Å². The van der Waals surface area contributed by atoms with Crippen molar-refractivity contribution in [2.24, 2.45) is 0 Å². The fraction of sp³-hybridized carbons (Fsp3) is 0.148. The van der Waals surface area contributed by atoms with Crippen LogP contribution in [-0.4, -0.2) is 15.5 Å². The zero-order valence-corrected chi connectivity index (χ0v) is 17.7. The third-order valence-electron chi connectivity index (χ3n) is 5.97. The highest BCUT2D eigenvalue weighted by Gasteiger charge is 2.33. The van der Waals surface area contributed by atoms with Gasteiger partial charge >= 0.3 is 6.03 Å². The van der Waals surface area contributed by atoms with E-state index in [1.165, 1.54) is 5.56 Å². The first-order valence-corrected chi connectivity index (χ1v) is 10.6. The van der Waals surface area contributed by atoms with Crippen LogP contribution in [0.5, 0.6) is 0 Å². The molecule has 154 valence electrons. The maximum absolute atomic E-state index is 13.7. The van der Waals surface area contributed by atoms with Crippen LogP contribution in [0.4, 0.5) is 10.5 Å². The highest BCUT2D eigenvalue weighted by molar-refractivity contribution is 5.91. The quantitative estimate of drug-likeness (QED) is 0.420. The van der Waals surface area contributed by atoms with Crippen LogP contribution >= 0.6 is 0 Å². The first-order chi connectivity index (χ1) is 15.1. The van der Waals surface area contributed by atoms with Crippen molar-refractivity contribution in [2.45, 2.75) is 26.4 Å². The number of urea groups is 1. The molecule has 31 heavy (non-hydrogen) atoms. The average Bonchev–Trinajstić information content (AvgIpc) is 3.19. The van der Waals surface area contributed by atoms with Crippen LogP contribution in [0, 0.1) is 13.8 Å². The summed E-state index contributed by atoms with van der Waals surface area (Å²) in [5, 5.41) is 3.15. The summed E-state index contributed by atoms with van der Waals surface area (Å²) in [6, 6.07) is 28.5. The summed E-state index contributed by atoms with van der Waals surface area (Å²) < 4.78 is 2.21. The minimum Gasteiger partial charge on any atom is -0.318 e. The van der Waals surface area contributed by atoms with Gasteiger partial charge in [-0.3, -0.25) is 0 Å². The number of carbonyl (C=O) groups is 1. The molecular formula is C27H25N3O. The van der Waals surface area contributed by atoms with E-state index in [1.54, 1.807) is 0 Å². The van der Waals surface area contributed by atoms with Gasteiger partial charge < -0.3 is 14.8 Å². The normalized spacial score (nSPS) is 15.0. The second-order valence-electron chi connectivity index (χ2n) is 8.12. The molecule has 2 heterocycles. The fourth-order valence-corrected chi connectivity index (χ4v) is 4.43. The molecule has 4 nitrogen and oxygen atoms in total. The molecule has 0 saturated carbocycles. The fourth-order valence-electron chi connectivity index (χ4n) is 4.43. The molecule has 0 aliphatic carbocycles. The standard InChI is InChI=1S/C27H25N3O/c1-19-9-7-12-21(17-19)26-25-15-8-16-29(25)24-14-6-4-11-22(24)18-30(26)27(31)28-23-13-5-3-10-20(23)2/h3-17,26H,18H2,1-2H3,(H,28,31)/t26-/m0/s1. The van der Waals surface area contributed by atoms with Crippen LogP contribution in [0.3, 0.4) is 0 Å². The molecule has 0 bridgehead atoms. The predicted molar refractivity (Wildman–Crippen MR) is 125 cm³/mol. The summed E-state index contributed by atoms with van der Waals surface area (Å²) >= 11 is 0. The van der Waals surface area contributed by atoms with Gasteiger partial charge in [-0.15, -0.1) is 0 Å². The lowest BCUT2D eigenvalue weighted by molar-refractivity contribution is 0.194. The number of aryl methyl sites for hydroxylation is 2. The minimum absolute atomic E-state index is 0.106. The molecule has 3 aromatic carbocycles. The lowest BCUT2D eigenvalue weighted by Gasteiger charge is -2.31. The van der Waals surface area contributed by atoms with Gasteiger partial charge in [0.1, 0.15) is 0 Å². The van der Waals surface area contributed by atoms with Gasteiger partial charge in [0.05, 0.1) is 18.3 Å². The smallest absolute Gasteiger partial charge is 0.318 e. The molecule has 0 saturated heterocycles. The number of hydrogen-bond donors (Lipinski definition) is 1. The number of anilines is 1. The van der Waals surface area contributed by atoms with Gasteiger partial charge in [-0.2, -0.15) is 0 Å². The van der Waals surface area contributed by atoms with E-state index in [-0.39, 0.29) is 12.1 Å². The number of aromatic nitrogens is 1. The predicted octanol–water partition coefficient (Wildman–Crippen LogP) is 6.23. The Balaban J connectivity index is 1.65. The molecule has 0 fully saturated rings. The summed E-state index contributed by atoms with van der Waals surface area (Å²) in [5.74, 6) is 0. The number of benzene rings is 3. The maximum atomic E-state index is 13.7. The maximum Gasteiger partial charge on any atom is 0.322 e. The SMILES string of the molecule is Cc1cccc([C@H]2c3cccn3-c3ccccc3CN2C(=O)Nc2ccccc2C)c1. The van der Waals surface area contributed by atoms with Crippen molar-refractivity contribution in [1.82, 2.24) is 9.47 Å². The zero-order valence-electron chi connectivity index (χ0n) is 17.7. The highest BCUT2D eigenvalue weighted by Crippen LogP contribution is 2.37. The third-order valence-corrected chi connectivity index (χ3v) is 5.97. The average molecular weight is 408 g/mol. The van der Waals surface area contributed by atoms with Gasteiger partial charge in [-0.05, 0) is 54.8 Å². The van der Waals surface area contributed by atoms with Crippen molar-refractivity contribution in [3.63, 3.8) is 0 Å². The number of amides is 2. The van der Waals surface area contributed by atoms with Gasteiger partial charge in [-0.25, -0.2) is 4.79 Å². The first kappa shape index (κ1) is 19.2. The van der Waals surface area contributed by atoms with Crippen molar-refractivity contribution >= 4 is 11.7 Å². The Morgan fingerprint density at radius 3 is 2.55 bits per heavy atom. The Morgan fingerprint density at radius 1 is 0.903 bits per heavy atom. The second-order valence-corrected chi connectivity index (χ2v) is 8.12. The topological polar surface area (TPSA) is 37.3 Å². The highest BCUT2D eigenvalue weighted by atomic mass is 16.2. The van der Waals surface area contributed by atoms with E-state index in [4.69, 9.17) is 0 Å². The van der Waals surface area contributed by atoms with Crippen LogP contribution < -0.4 is 5.32 Å². The van der Waals surface area contributed by atoms with Gasteiger partial charge in [0, 0.05) is 17.6 Å². The molecule has 0 radical (unpaired) electrons. The van der Waals surface area contributed by atoms with E-state index >= 15 is 0 Å². The van der Waals surface area contributed by atoms with Crippen molar-refractivity contribution in [3.8, 4) is 5.69 Å². The number of carbonyl (C=O) groups excluding carboxylic acids is 1. The molecule has 4 heteroatoms. The van der Waals surface area contributed by atoms with Gasteiger partial charge in [0.25, 0.3) is 0 Å². The summed E-state index contributed by atoms with van der Waals surface area (Å²) in [5.41, 5.74) is 7.48. The summed E-state index contributed by atoms with van der Waals surface area (Å²) in [4.78, 5) is 15.6. The van der Waals surface area contributed by atoms with Crippen molar-refractivity contribution in [2.75, 3.05) is 5.32 Å². The Bertz CT molecular complexity index is 1260. The lowest BCUT2D eigenvalue weighted by atomic mass is 10.00. The largest absolute Gasteiger partial charge is 0.322 e. The molecule has 1 aliphatic rings. The number of para-hydroxylation sites is 2. The Morgan fingerprint density at radius 2 is 1.71 bits per heavy atom. The van der Waals surface area contributed by atoms with E-state index in [1.807, 2.05) is 48.2 Å². The van der Waals surface area contributed by atoms with E-state index in [2.05, 4.69) is 71.5 Å². The summed E-state index contributed by atoms with van der Waals surface area (Å²) in [6.45, 7) is 4.62. The van der Waals surface area contributed by atoms with E-state index in [0.29, 0.717) is 6.54 Å². The zero-order chi connectivity index (χ0) is 21.4. The van der Waals surface area contributed by atoms with Crippen molar-refractivity contribution in [3.05, 3.63) is 119 Å². The second kappa shape index (κ2) is 7.80. The molecule has 1 atom stereocenters. The van der Waals surface area contributed by atoms with Crippen molar-refractivity contribution in [1.29, 1.82) is 0 Å². The minimum atomic E-state index is -0.202. The van der Waals surface area contributed by atoms with E-state index in [0.717, 1.165) is 33.8 Å². The number of rotatable bonds is 2. The summed E-state index contributed by atoms with van der Waals surface area (Å²) in [6.07, 6.45) is 2.08. The Labute approximate surface area is 182 Å². The van der Waals surface area contributed by atoms with Crippen LogP contribution in [0.2, 0.25) is 0 Å². The molecule has 2 amide bonds. The molecule has 5 rings (SSSR count). The van der Waals surface area contributed by atoms with E-state index in [9.17, 15) is 4.79 Å². The van der Waals surface area contributed by atoms with Crippen LogP contribution in [-0.2, 0) is 6.54 Å². The molecule has 1 N–H and O–H groups in total. The summed E-state index contributed by atoms with van der Waals surface area (Å²) in [7, 11) is 0. The molecule has 1 aliphatic heterocycles. The lowest BCUT2D eigenvalue weighted by Crippen LogP contribution is -2.38. The van der Waals surface area contributed by atoms with Gasteiger partial charge in [-0.1, -0.05) is 66.2 Å². The number of hydrogen-bond acceptors (Lipinski definition) is 1. The third kappa shape index (κ3) is 3.50. The van der Waals surface area contributed by atoms with Crippen LogP contribution in [0.25, 0.3) is 5.69 Å². The number of nitrogens with zero attached hydrogens (tertiary/aromatic N) is 2.